The average molecular weight is 310 g/mol. The van der Waals surface area contributed by atoms with Gasteiger partial charge >= 0.3 is 0 Å². The fraction of sp³-hybridized carbons (Fsp3) is 0.385. The topological polar surface area (TPSA) is 105 Å². The Balaban J connectivity index is 2.11. The summed E-state index contributed by atoms with van der Waals surface area (Å²) in [6.07, 6.45) is 0.702. The van der Waals surface area contributed by atoms with E-state index in [9.17, 15) is 13.2 Å². The Labute approximate surface area is 123 Å². The van der Waals surface area contributed by atoms with Gasteiger partial charge < -0.3 is 16.0 Å². The lowest BCUT2D eigenvalue weighted by atomic mass is 10.2. The zero-order chi connectivity index (χ0) is 15.5. The SMILES string of the molecule is CN(CC(=O)NCCCN)C1=NS(=O)(=O)c2ccccc21. The molecule has 0 fully saturated rings. The molecular formula is C13H18N4O3S. The first-order valence-corrected chi connectivity index (χ1v) is 8.02. The number of hydrogen-bond acceptors (Lipinski definition) is 5. The van der Waals surface area contributed by atoms with Gasteiger partial charge in [0.05, 0.1) is 6.54 Å². The van der Waals surface area contributed by atoms with Crippen molar-refractivity contribution in [3.8, 4) is 0 Å². The second kappa shape index (κ2) is 6.23. The number of nitrogens with zero attached hydrogens (tertiary/aromatic N) is 2. The number of sulfonamides is 1. The van der Waals surface area contributed by atoms with Crippen LogP contribution in [-0.2, 0) is 14.8 Å². The van der Waals surface area contributed by atoms with Gasteiger partial charge in [0.25, 0.3) is 10.0 Å². The summed E-state index contributed by atoms with van der Waals surface area (Å²) in [6, 6.07) is 6.58. The minimum absolute atomic E-state index is 0.0350. The third-order valence-electron chi connectivity index (χ3n) is 3.06. The maximum atomic E-state index is 11.9. The summed E-state index contributed by atoms with van der Waals surface area (Å²) in [7, 11) is -2.02. The molecule has 1 amide bonds. The van der Waals surface area contributed by atoms with E-state index in [-0.39, 0.29) is 17.3 Å². The maximum absolute atomic E-state index is 11.9. The van der Waals surface area contributed by atoms with Gasteiger partial charge in [-0.1, -0.05) is 12.1 Å². The van der Waals surface area contributed by atoms with Crippen LogP contribution in [0.15, 0.2) is 33.6 Å². The molecule has 0 spiro atoms. The van der Waals surface area contributed by atoms with Crippen molar-refractivity contribution >= 4 is 21.8 Å². The molecule has 0 unspecified atom stereocenters. The molecular weight excluding hydrogens is 292 g/mol. The number of likely N-dealkylation sites (N-methyl/N-ethyl adjacent to an activating group) is 1. The van der Waals surface area contributed by atoms with Gasteiger partial charge in [-0.05, 0) is 25.1 Å². The summed E-state index contributed by atoms with van der Waals surface area (Å²) in [5, 5.41) is 2.72. The molecule has 7 nitrogen and oxygen atoms in total. The lowest BCUT2D eigenvalue weighted by Gasteiger charge is -2.18. The lowest BCUT2D eigenvalue weighted by molar-refractivity contribution is -0.121. The number of nitrogens with two attached hydrogens (primary N) is 1. The van der Waals surface area contributed by atoms with Gasteiger partial charge in [0.2, 0.25) is 5.91 Å². The molecule has 1 aromatic rings. The number of carbonyl (C=O) groups is 1. The number of carbonyl (C=O) groups excluding carboxylic acids is 1. The van der Waals surface area contributed by atoms with Crippen molar-refractivity contribution in [3.05, 3.63) is 29.8 Å². The van der Waals surface area contributed by atoms with Crippen LogP contribution in [0.3, 0.4) is 0 Å². The van der Waals surface area contributed by atoms with Crippen LogP contribution in [0.2, 0.25) is 0 Å². The van der Waals surface area contributed by atoms with Gasteiger partial charge in [-0.15, -0.1) is 4.40 Å². The van der Waals surface area contributed by atoms with Crippen LogP contribution >= 0.6 is 0 Å². The van der Waals surface area contributed by atoms with Gasteiger partial charge in [0.1, 0.15) is 4.90 Å². The minimum Gasteiger partial charge on any atom is -0.355 e. The maximum Gasteiger partial charge on any atom is 0.285 e. The molecule has 0 bridgehead atoms. The minimum atomic E-state index is -3.66. The molecule has 1 aliphatic heterocycles. The quantitative estimate of drug-likeness (QED) is 0.716. The molecule has 2 rings (SSSR count). The standard InChI is InChI=1S/C13H18N4O3S/c1-17(9-12(18)15-8-4-7-14)13-10-5-2-3-6-11(10)21(19,20)16-13/h2-3,5-6H,4,7-9,14H2,1H3,(H,15,18). The van der Waals surface area contributed by atoms with Gasteiger partial charge in [-0.3, -0.25) is 4.79 Å². The number of benzene rings is 1. The molecule has 3 N–H and O–H groups in total. The van der Waals surface area contributed by atoms with Gasteiger partial charge in [0, 0.05) is 19.2 Å². The number of rotatable bonds is 5. The zero-order valence-electron chi connectivity index (χ0n) is 11.7. The number of amides is 1. The van der Waals surface area contributed by atoms with Crippen molar-refractivity contribution in [1.82, 2.24) is 10.2 Å². The van der Waals surface area contributed by atoms with E-state index in [1.807, 2.05) is 0 Å². The van der Waals surface area contributed by atoms with Gasteiger partial charge in [-0.2, -0.15) is 8.42 Å². The first-order valence-electron chi connectivity index (χ1n) is 6.58. The Morgan fingerprint density at radius 2 is 2.10 bits per heavy atom. The highest BCUT2D eigenvalue weighted by Gasteiger charge is 2.30. The van der Waals surface area contributed by atoms with E-state index >= 15 is 0 Å². The van der Waals surface area contributed by atoms with E-state index in [1.54, 1.807) is 25.2 Å². The summed E-state index contributed by atoms with van der Waals surface area (Å²) in [6.45, 7) is 1.05. The molecule has 8 heteroatoms. The van der Waals surface area contributed by atoms with Crippen LogP contribution in [0.4, 0.5) is 0 Å². The van der Waals surface area contributed by atoms with E-state index in [2.05, 4.69) is 9.71 Å². The molecule has 0 atom stereocenters. The van der Waals surface area contributed by atoms with Gasteiger partial charge in [0.15, 0.2) is 5.84 Å². The van der Waals surface area contributed by atoms with E-state index < -0.39 is 10.0 Å². The van der Waals surface area contributed by atoms with Crippen LogP contribution < -0.4 is 11.1 Å². The molecule has 1 aromatic carbocycles. The molecule has 1 aliphatic rings. The van der Waals surface area contributed by atoms with E-state index in [0.717, 1.165) is 0 Å². The highest BCUT2D eigenvalue weighted by Crippen LogP contribution is 2.26. The molecule has 21 heavy (non-hydrogen) atoms. The number of amidine groups is 1. The van der Waals surface area contributed by atoms with Crippen LogP contribution in [-0.4, -0.2) is 51.7 Å². The summed E-state index contributed by atoms with van der Waals surface area (Å²) in [5.41, 5.74) is 5.87. The second-order valence-electron chi connectivity index (χ2n) is 4.73. The predicted octanol–water partition coefficient (Wildman–Crippen LogP) is -0.468. The van der Waals surface area contributed by atoms with Crippen molar-refractivity contribution in [3.63, 3.8) is 0 Å². The van der Waals surface area contributed by atoms with Crippen molar-refractivity contribution < 1.29 is 13.2 Å². The molecule has 0 saturated carbocycles. The highest BCUT2D eigenvalue weighted by atomic mass is 32.2. The Kier molecular flexibility index (Phi) is 4.59. The van der Waals surface area contributed by atoms with Crippen LogP contribution in [0.1, 0.15) is 12.0 Å². The molecule has 1 heterocycles. The predicted molar refractivity (Wildman–Crippen MR) is 79.5 cm³/mol. The lowest BCUT2D eigenvalue weighted by Crippen LogP contribution is -2.38. The van der Waals surface area contributed by atoms with Gasteiger partial charge in [-0.25, -0.2) is 0 Å². The van der Waals surface area contributed by atoms with E-state index in [0.29, 0.717) is 30.9 Å². The number of nitrogens with one attached hydrogen (secondary N) is 1. The van der Waals surface area contributed by atoms with Crippen molar-refractivity contribution in [2.75, 3.05) is 26.7 Å². The molecule has 0 saturated heterocycles. The Bertz CT molecular complexity index is 670. The van der Waals surface area contributed by atoms with Crippen LogP contribution in [0.25, 0.3) is 0 Å². The van der Waals surface area contributed by atoms with Crippen molar-refractivity contribution in [2.24, 2.45) is 10.1 Å². The summed E-state index contributed by atoms with van der Waals surface area (Å²) in [4.78, 5) is 13.5. The summed E-state index contributed by atoms with van der Waals surface area (Å²) in [5.74, 6) is 0.0926. The van der Waals surface area contributed by atoms with Crippen LogP contribution in [0.5, 0.6) is 0 Å². The first-order chi connectivity index (χ1) is 9.95. The van der Waals surface area contributed by atoms with E-state index in [1.165, 1.54) is 11.0 Å². The molecule has 0 radical (unpaired) electrons. The normalized spacial score (nSPS) is 15.2. The largest absolute Gasteiger partial charge is 0.355 e. The Hall–Kier alpha value is -1.93. The number of fused-ring (bicyclic) bond motifs is 1. The Morgan fingerprint density at radius 3 is 2.81 bits per heavy atom. The smallest absolute Gasteiger partial charge is 0.285 e. The Morgan fingerprint density at radius 1 is 1.38 bits per heavy atom. The average Bonchev–Trinajstić information content (AvgIpc) is 2.72. The third kappa shape index (κ3) is 3.40. The fourth-order valence-corrected chi connectivity index (χ4v) is 3.29. The monoisotopic (exact) mass is 310 g/mol. The highest BCUT2D eigenvalue weighted by molar-refractivity contribution is 7.90. The molecule has 114 valence electrons. The fourth-order valence-electron chi connectivity index (χ4n) is 2.04. The van der Waals surface area contributed by atoms with E-state index in [4.69, 9.17) is 5.73 Å². The number of hydrogen-bond donors (Lipinski definition) is 2. The molecule has 0 aromatic heterocycles. The second-order valence-corrected chi connectivity index (χ2v) is 6.31. The van der Waals surface area contributed by atoms with Crippen molar-refractivity contribution in [2.45, 2.75) is 11.3 Å². The van der Waals surface area contributed by atoms with Crippen molar-refractivity contribution in [1.29, 1.82) is 0 Å². The third-order valence-corrected chi connectivity index (χ3v) is 4.38. The summed E-state index contributed by atoms with van der Waals surface area (Å²) < 4.78 is 27.6. The first kappa shape index (κ1) is 15.5. The summed E-state index contributed by atoms with van der Waals surface area (Å²) >= 11 is 0. The zero-order valence-corrected chi connectivity index (χ0v) is 12.6. The van der Waals surface area contributed by atoms with Crippen LogP contribution in [0, 0.1) is 0 Å². The molecule has 0 aliphatic carbocycles.